The van der Waals surface area contributed by atoms with E-state index in [0.717, 1.165) is 9.08 Å². The maximum absolute atomic E-state index is 11.6. The summed E-state index contributed by atoms with van der Waals surface area (Å²) in [5.41, 5.74) is 0. The molecule has 1 N–H and O–H groups in total. The molecule has 84 valence electrons. The van der Waals surface area contributed by atoms with Crippen molar-refractivity contribution in [2.45, 2.75) is 19.4 Å². The second-order valence-corrected chi connectivity index (χ2v) is 5.17. The van der Waals surface area contributed by atoms with Crippen LogP contribution in [-0.4, -0.2) is 22.7 Å². The number of halogens is 3. The highest BCUT2D eigenvalue weighted by Gasteiger charge is 2.23. The fourth-order valence-corrected chi connectivity index (χ4v) is 2.61. The fraction of sp³-hybridized carbons (Fsp3) is 0.500. The van der Waals surface area contributed by atoms with E-state index in [0.29, 0.717) is 11.0 Å². The van der Waals surface area contributed by atoms with Gasteiger partial charge in [-0.25, -0.2) is 4.68 Å². The van der Waals surface area contributed by atoms with Gasteiger partial charge in [0.2, 0.25) is 5.91 Å². The summed E-state index contributed by atoms with van der Waals surface area (Å²) in [5.74, 6) is -0.0549. The molecule has 0 aliphatic carbocycles. The molecule has 1 aromatic heterocycles. The van der Waals surface area contributed by atoms with Crippen LogP contribution in [0.5, 0.6) is 0 Å². The number of aromatic nitrogens is 2. The molecule has 0 unspecified atom stereocenters. The molecule has 7 heteroatoms. The zero-order valence-corrected chi connectivity index (χ0v) is 13.0. The van der Waals surface area contributed by atoms with Crippen molar-refractivity contribution in [2.75, 3.05) is 7.05 Å². The Hall–Kier alpha value is 0.120. The summed E-state index contributed by atoms with van der Waals surface area (Å²) < 4.78 is 3.89. The Bertz CT molecular complexity index is 377. The molecule has 1 aromatic rings. The van der Waals surface area contributed by atoms with Crippen LogP contribution in [-0.2, 0) is 4.79 Å². The number of carbonyl (C=O) groups is 1. The Morgan fingerprint density at radius 3 is 2.47 bits per heavy atom. The Morgan fingerprint density at radius 2 is 2.13 bits per heavy atom. The van der Waals surface area contributed by atoms with Gasteiger partial charge >= 0.3 is 0 Å². The molecule has 0 fully saturated rings. The highest BCUT2D eigenvalue weighted by molar-refractivity contribution is 9.14. The second-order valence-electron chi connectivity index (χ2n) is 2.88. The summed E-state index contributed by atoms with van der Waals surface area (Å²) in [7, 11) is 1.62. The van der Waals surface area contributed by atoms with Crippen molar-refractivity contribution >= 4 is 53.7 Å². The van der Waals surface area contributed by atoms with Crippen LogP contribution in [0.25, 0.3) is 0 Å². The molecule has 0 saturated heterocycles. The average molecular weight is 404 g/mol. The van der Waals surface area contributed by atoms with Crippen molar-refractivity contribution in [3.63, 3.8) is 0 Å². The van der Waals surface area contributed by atoms with Crippen LogP contribution in [0, 0.1) is 0 Å². The maximum Gasteiger partial charge on any atom is 0.244 e. The Balaban J connectivity index is 3.13. The summed E-state index contributed by atoms with van der Waals surface area (Å²) in [6, 6.07) is -0.299. The lowest BCUT2D eigenvalue weighted by atomic mass is 10.2. The quantitative estimate of drug-likeness (QED) is 0.843. The van der Waals surface area contributed by atoms with Gasteiger partial charge in [0, 0.05) is 7.05 Å². The Morgan fingerprint density at radius 1 is 1.53 bits per heavy atom. The summed E-state index contributed by atoms with van der Waals surface area (Å²) in [6.45, 7) is 1.94. The Labute approximate surface area is 113 Å². The molecule has 0 aromatic carbocycles. The highest BCUT2D eigenvalue weighted by atomic mass is 79.9. The first kappa shape index (κ1) is 13.2. The number of hydrogen-bond donors (Lipinski definition) is 1. The van der Waals surface area contributed by atoms with Crippen LogP contribution >= 0.6 is 47.8 Å². The van der Waals surface area contributed by atoms with E-state index in [1.807, 2.05) is 6.92 Å². The van der Waals surface area contributed by atoms with E-state index < -0.39 is 0 Å². The zero-order chi connectivity index (χ0) is 11.6. The molecule has 1 amide bonds. The third-order valence-electron chi connectivity index (χ3n) is 1.99. The van der Waals surface area contributed by atoms with Crippen LogP contribution in [0.2, 0.25) is 0 Å². The number of nitrogens with zero attached hydrogens (tertiary/aromatic N) is 2. The van der Waals surface area contributed by atoms with E-state index in [1.54, 1.807) is 11.7 Å². The van der Waals surface area contributed by atoms with Crippen LogP contribution < -0.4 is 5.32 Å². The van der Waals surface area contributed by atoms with Crippen molar-refractivity contribution < 1.29 is 4.79 Å². The van der Waals surface area contributed by atoms with Gasteiger partial charge < -0.3 is 5.32 Å². The van der Waals surface area contributed by atoms with Crippen LogP contribution in [0.3, 0.4) is 0 Å². The van der Waals surface area contributed by atoms with Crippen LogP contribution in [0.1, 0.15) is 19.4 Å². The van der Waals surface area contributed by atoms with Crippen molar-refractivity contribution in [3.8, 4) is 0 Å². The van der Waals surface area contributed by atoms with Gasteiger partial charge in [-0.3, -0.25) is 4.79 Å². The minimum Gasteiger partial charge on any atom is -0.357 e. The van der Waals surface area contributed by atoms with Gasteiger partial charge in [-0.2, -0.15) is 5.10 Å². The number of amides is 1. The van der Waals surface area contributed by atoms with Crippen LogP contribution in [0.15, 0.2) is 13.7 Å². The maximum atomic E-state index is 11.6. The van der Waals surface area contributed by atoms with Gasteiger partial charge in [-0.05, 0) is 54.2 Å². The van der Waals surface area contributed by atoms with E-state index in [2.05, 4.69) is 58.2 Å². The summed E-state index contributed by atoms with van der Waals surface area (Å²) >= 11 is 10.0. The molecule has 0 spiro atoms. The molecule has 0 aliphatic rings. The molecule has 1 heterocycles. The van der Waals surface area contributed by atoms with Crippen LogP contribution in [0.4, 0.5) is 0 Å². The molecule has 4 nitrogen and oxygen atoms in total. The molecule has 0 radical (unpaired) electrons. The minimum absolute atomic E-state index is 0.0549. The number of likely N-dealkylation sites (N-methyl/N-ethyl adjacent to an activating group) is 1. The van der Waals surface area contributed by atoms with E-state index >= 15 is 0 Å². The lowest BCUT2D eigenvalue weighted by molar-refractivity contribution is -0.124. The van der Waals surface area contributed by atoms with Crippen molar-refractivity contribution in [3.05, 3.63) is 13.7 Å². The summed E-state index contributed by atoms with van der Waals surface area (Å²) in [5, 5.41) is 6.85. The molecule has 0 saturated carbocycles. The van der Waals surface area contributed by atoms with Gasteiger partial charge in [0.15, 0.2) is 0 Å². The summed E-state index contributed by atoms with van der Waals surface area (Å²) in [4.78, 5) is 11.6. The fourth-order valence-electron chi connectivity index (χ4n) is 1.21. The standard InChI is InChI=1S/C8H10Br3N3O/c1-3-4(8(15)12-2)14-7(11)5(9)6(10)13-14/h4H,3H2,1-2H3,(H,12,15)/t4-/m1/s1. The van der Waals surface area contributed by atoms with Gasteiger partial charge in [-0.1, -0.05) is 6.92 Å². The molecule has 0 aliphatic heterocycles. The molecular formula is C8H10Br3N3O. The summed E-state index contributed by atoms with van der Waals surface area (Å²) in [6.07, 6.45) is 0.679. The lowest BCUT2D eigenvalue weighted by Gasteiger charge is -2.14. The van der Waals surface area contributed by atoms with Crippen molar-refractivity contribution in [2.24, 2.45) is 0 Å². The van der Waals surface area contributed by atoms with Gasteiger partial charge in [-0.15, -0.1) is 0 Å². The van der Waals surface area contributed by atoms with Crippen molar-refractivity contribution in [1.82, 2.24) is 15.1 Å². The first-order valence-electron chi connectivity index (χ1n) is 4.33. The third-order valence-corrected chi connectivity index (χ3v) is 5.12. The normalized spacial score (nSPS) is 12.6. The zero-order valence-electron chi connectivity index (χ0n) is 8.22. The largest absolute Gasteiger partial charge is 0.357 e. The predicted octanol–water partition coefficient (Wildman–Crippen LogP) is 2.87. The minimum atomic E-state index is -0.299. The number of carbonyl (C=O) groups excluding carboxylic acids is 1. The average Bonchev–Trinajstić information content (AvgIpc) is 2.47. The Kier molecular flexibility index (Phi) is 4.79. The number of hydrogen-bond acceptors (Lipinski definition) is 2. The van der Waals surface area contributed by atoms with E-state index in [4.69, 9.17) is 0 Å². The highest BCUT2D eigenvalue weighted by Crippen LogP contribution is 2.32. The SMILES string of the molecule is CC[C@H](C(=O)NC)n1nc(Br)c(Br)c1Br. The third kappa shape index (κ3) is 2.62. The number of nitrogens with one attached hydrogen (secondary N) is 1. The van der Waals surface area contributed by atoms with Gasteiger partial charge in [0.1, 0.15) is 15.2 Å². The molecular weight excluding hydrogens is 394 g/mol. The lowest BCUT2D eigenvalue weighted by Crippen LogP contribution is -2.30. The van der Waals surface area contributed by atoms with E-state index in [-0.39, 0.29) is 11.9 Å². The molecule has 1 atom stereocenters. The van der Waals surface area contributed by atoms with Gasteiger partial charge in [0.25, 0.3) is 0 Å². The first-order chi connectivity index (χ1) is 7.02. The molecule has 15 heavy (non-hydrogen) atoms. The van der Waals surface area contributed by atoms with Crippen molar-refractivity contribution in [1.29, 1.82) is 0 Å². The molecule has 0 bridgehead atoms. The van der Waals surface area contributed by atoms with E-state index in [1.165, 1.54) is 0 Å². The first-order valence-corrected chi connectivity index (χ1v) is 6.71. The van der Waals surface area contributed by atoms with Gasteiger partial charge in [0.05, 0.1) is 4.47 Å². The monoisotopic (exact) mass is 401 g/mol. The predicted molar refractivity (Wildman–Crippen MR) is 68.7 cm³/mol. The smallest absolute Gasteiger partial charge is 0.244 e. The second kappa shape index (κ2) is 5.45. The number of rotatable bonds is 3. The molecule has 1 rings (SSSR count). The topological polar surface area (TPSA) is 46.9 Å². The van der Waals surface area contributed by atoms with E-state index in [9.17, 15) is 4.79 Å².